The minimum absolute atomic E-state index is 0.371. The third kappa shape index (κ3) is 2.56. The Morgan fingerprint density at radius 1 is 1.36 bits per heavy atom. The Morgan fingerprint density at radius 3 is 2.86 bits per heavy atom. The molecule has 0 aromatic heterocycles. The van der Waals surface area contributed by atoms with Crippen LogP contribution in [0.25, 0.3) is 0 Å². The summed E-state index contributed by atoms with van der Waals surface area (Å²) in [5.74, 6) is 0. The first-order valence-corrected chi connectivity index (χ1v) is 5.18. The molecule has 0 aliphatic carbocycles. The second-order valence-electron chi connectivity index (χ2n) is 3.94. The van der Waals surface area contributed by atoms with Gasteiger partial charge in [-0.2, -0.15) is 0 Å². The molecule has 1 saturated heterocycles. The molecule has 2 nitrogen and oxygen atoms in total. The topological polar surface area (TPSA) is 12.5 Å². The van der Waals surface area contributed by atoms with Crippen LogP contribution in [0.1, 0.15) is 5.56 Å². The van der Waals surface area contributed by atoms with Crippen LogP contribution in [-0.2, 0) is 11.2 Å². The van der Waals surface area contributed by atoms with Gasteiger partial charge >= 0.3 is 0 Å². The third-order valence-corrected chi connectivity index (χ3v) is 2.65. The van der Waals surface area contributed by atoms with E-state index in [2.05, 4.69) is 42.3 Å². The van der Waals surface area contributed by atoms with Gasteiger partial charge in [0.25, 0.3) is 0 Å². The molecule has 1 aliphatic rings. The summed E-state index contributed by atoms with van der Waals surface area (Å²) in [6.07, 6.45) is 1.40. The molecule has 1 fully saturated rings. The van der Waals surface area contributed by atoms with Crippen molar-refractivity contribution in [3.63, 3.8) is 0 Å². The van der Waals surface area contributed by atoms with E-state index in [0.29, 0.717) is 6.10 Å². The van der Waals surface area contributed by atoms with Gasteiger partial charge in [-0.1, -0.05) is 30.3 Å². The molecule has 0 spiro atoms. The summed E-state index contributed by atoms with van der Waals surface area (Å²) >= 11 is 0. The Morgan fingerprint density at radius 2 is 2.14 bits per heavy atom. The van der Waals surface area contributed by atoms with Crippen LogP contribution in [-0.4, -0.2) is 37.7 Å². The number of benzene rings is 1. The highest BCUT2D eigenvalue weighted by molar-refractivity contribution is 5.15. The maximum absolute atomic E-state index is 5.71. The fourth-order valence-corrected chi connectivity index (χ4v) is 1.87. The van der Waals surface area contributed by atoms with Crippen molar-refractivity contribution in [1.82, 2.24) is 4.90 Å². The maximum atomic E-state index is 5.71. The van der Waals surface area contributed by atoms with Gasteiger partial charge in [-0.3, -0.25) is 0 Å². The predicted molar refractivity (Wildman–Crippen MR) is 57.4 cm³/mol. The number of hydrogen-bond donors (Lipinski definition) is 0. The average molecular weight is 191 g/mol. The molecule has 0 saturated carbocycles. The molecule has 0 N–H and O–H groups in total. The highest BCUT2D eigenvalue weighted by Gasteiger charge is 2.17. The molecular formula is C12H17NO. The summed E-state index contributed by atoms with van der Waals surface area (Å²) in [4.78, 5) is 2.33. The van der Waals surface area contributed by atoms with Crippen molar-refractivity contribution in [2.75, 3.05) is 26.7 Å². The van der Waals surface area contributed by atoms with Crippen molar-refractivity contribution in [2.24, 2.45) is 0 Å². The third-order valence-electron chi connectivity index (χ3n) is 2.65. The van der Waals surface area contributed by atoms with E-state index in [1.165, 1.54) is 5.56 Å². The quantitative estimate of drug-likeness (QED) is 0.703. The number of ether oxygens (including phenoxy) is 1. The molecule has 1 atom stereocenters. The van der Waals surface area contributed by atoms with Gasteiger partial charge in [-0.05, 0) is 19.0 Å². The Balaban J connectivity index is 1.91. The van der Waals surface area contributed by atoms with Crippen molar-refractivity contribution in [1.29, 1.82) is 0 Å². The van der Waals surface area contributed by atoms with Crippen LogP contribution >= 0.6 is 0 Å². The van der Waals surface area contributed by atoms with Crippen LogP contribution in [0.5, 0.6) is 0 Å². The molecule has 0 bridgehead atoms. The number of nitrogens with zero attached hydrogens (tertiary/aromatic N) is 1. The summed E-state index contributed by atoms with van der Waals surface area (Å²) in [6, 6.07) is 10.6. The standard InChI is InChI=1S/C12H17NO/c1-13-7-8-14-12(10-13)9-11-5-3-2-4-6-11/h2-6,12H,7-10H2,1H3. The van der Waals surface area contributed by atoms with E-state index in [-0.39, 0.29) is 0 Å². The fraction of sp³-hybridized carbons (Fsp3) is 0.500. The molecular weight excluding hydrogens is 174 g/mol. The first kappa shape index (κ1) is 9.69. The zero-order chi connectivity index (χ0) is 9.80. The van der Waals surface area contributed by atoms with Crippen molar-refractivity contribution < 1.29 is 4.74 Å². The zero-order valence-corrected chi connectivity index (χ0v) is 8.65. The lowest BCUT2D eigenvalue weighted by Gasteiger charge is -2.30. The fourth-order valence-electron chi connectivity index (χ4n) is 1.87. The van der Waals surface area contributed by atoms with Crippen molar-refractivity contribution in [3.05, 3.63) is 35.9 Å². The van der Waals surface area contributed by atoms with E-state index >= 15 is 0 Å². The van der Waals surface area contributed by atoms with E-state index in [4.69, 9.17) is 4.74 Å². The minimum Gasteiger partial charge on any atom is -0.375 e. The first-order valence-electron chi connectivity index (χ1n) is 5.18. The van der Waals surface area contributed by atoms with Crippen molar-refractivity contribution in [2.45, 2.75) is 12.5 Å². The molecule has 2 rings (SSSR count). The monoisotopic (exact) mass is 191 g/mol. The van der Waals surface area contributed by atoms with Gasteiger partial charge in [-0.15, -0.1) is 0 Å². The van der Waals surface area contributed by atoms with E-state index < -0.39 is 0 Å². The second-order valence-corrected chi connectivity index (χ2v) is 3.94. The van der Waals surface area contributed by atoms with Crippen LogP contribution in [0.4, 0.5) is 0 Å². The summed E-state index contributed by atoms with van der Waals surface area (Å²) in [5.41, 5.74) is 1.37. The number of rotatable bonds is 2. The van der Waals surface area contributed by atoms with Crippen LogP contribution in [0.3, 0.4) is 0 Å². The van der Waals surface area contributed by atoms with Crippen LogP contribution < -0.4 is 0 Å². The van der Waals surface area contributed by atoms with Crippen LogP contribution in [0.15, 0.2) is 30.3 Å². The minimum atomic E-state index is 0.371. The lowest BCUT2D eigenvalue weighted by atomic mass is 10.1. The molecule has 76 valence electrons. The lowest BCUT2D eigenvalue weighted by Crippen LogP contribution is -2.40. The van der Waals surface area contributed by atoms with Crippen molar-refractivity contribution >= 4 is 0 Å². The number of morpholine rings is 1. The Kier molecular flexibility index (Phi) is 3.17. The second kappa shape index (κ2) is 4.58. The van der Waals surface area contributed by atoms with E-state index in [0.717, 1.165) is 26.1 Å². The number of likely N-dealkylation sites (N-methyl/N-ethyl adjacent to an activating group) is 1. The molecule has 1 heterocycles. The zero-order valence-electron chi connectivity index (χ0n) is 8.65. The number of hydrogen-bond acceptors (Lipinski definition) is 2. The smallest absolute Gasteiger partial charge is 0.0742 e. The molecule has 0 amide bonds. The Hall–Kier alpha value is -0.860. The van der Waals surface area contributed by atoms with Gasteiger partial charge in [0, 0.05) is 13.1 Å². The highest BCUT2D eigenvalue weighted by atomic mass is 16.5. The molecule has 1 aliphatic heterocycles. The van der Waals surface area contributed by atoms with E-state index in [1.54, 1.807) is 0 Å². The van der Waals surface area contributed by atoms with Gasteiger partial charge in [0.05, 0.1) is 12.7 Å². The average Bonchev–Trinajstić information content (AvgIpc) is 2.19. The SMILES string of the molecule is CN1CCOC(Cc2ccccc2)C1. The van der Waals surface area contributed by atoms with Gasteiger partial charge in [-0.25, -0.2) is 0 Å². The van der Waals surface area contributed by atoms with Gasteiger partial charge in [0.2, 0.25) is 0 Å². The molecule has 0 radical (unpaired) electrons. The van der Waals surface area contributed by atoms with E-state index in [1.807, 2.05) is 0 Å². The van der Waals surface area contributed by atoms with Gasteiger partial charge in [0.1, 0.15) is 0 Å². The molecule has 1 unspecified atom stereocenters. The lowest BCUT2D eigenvalue weighted by molar-refractivity contribution is -0.0185. The maximum Gasteiger partial charge on any atom is 0.0742 e. The van der Waals surface area contributed by atoms with Gasteiger partial charge in [0.15, 0.2) is 0 Å². The predicted octanol–water partition coefficient (Wildman–Crippen LogP) is 1.56. The van der Waals surface area contributed by atoms with Crippen LogP contribution in [0, 0.1) is 0 Å². The summed E-state index contributed by atoms with van der Waals surface area (Å²) in [5, 5.41) is 0. The molecule has 1 aromatic rings. The summed E-state index contributed by atoms with van der Waals surface area (Å²) in [6.45, 7) is 2.98. The Labute approximate surface area is 85.5 Å². The molecule has 2 heteroatoms. The molecule has 1 aromatic carbocycles. The highest BCUT2D eigenvalue weighted by Crippen LogP contribution is 2.10. The summed E-state index contributed by atoms with van der Waals surface area (Å²) < 4.78 is 5.71. The van der Waals surface area contributed by atoms with E-state index in [9.17, 15) is 0 Å². The van der Waals surface area contributed by atoms with Crippen molar-refractivity contribution in [3.8, 4) is 0 Å². The van der Waals surface area contributed by atoms with Gasteiger partial charge < -0.3 is 9.64 Å². The summed E-state index contributed by atoms with van der Waals surface area (Å²) in [7, 11) is 2.15. The Bertz CT molecular complexity index is 273. The normalized spacial score (nSPS) is 23.6. The molecule has 14 heavy (non-hydrogen) atoms. The largest absolute Gasteiger partial charge is 0.375 e. The first-order chi connectivity index (χ1) is 6.84. The van der Waals surface area contributed by atoms with Crippen LogP contribution in [0.2, 0.25) is 0 Å².